The minimum Gasteiger partial charge on any atom is -0.390 e. The monoisotopic (exact) mass is 468 g/mol. The molecular weight excluding hydrogens is 443 g/mol. The highest BCUT2D eigenvalue weighted by Gasteiger charge is 2.38. The van der Waals surface area contributed by atoms with Crippen molar-refractivity contribution in [3.63, 3.8) is 0 Å². The lowest BCUT2D eigenvalue weighted by atomic mass is 9.90. The molecule has 0 spiro atoms. The number of fused-ring (bicyclic) bond motifs is 1. The van der Waals surface area contributed by atoms with E-state index in [1.807, 2.05) is 6.92 Å². The van der Waals surface area contributed by atoms with Gasteiger partial charge in [-0.1, -0.05) is 30.7 Å². The second kappa shape index (κ2) is 9.08. The maximum atomic E-state index is 13.6. The van der Waals surface area contributed by atoms with Crippen molar-refractivity contribution in [2.24, 2.45) is 5.92 Å². The Hall–Kier alpha value is -3.03. The number of nitrogens with one attached hydrogen (secondary N) is 1. The van der Waals surface area contributed by atoms with Crippen LogP contribution in [0.1, 0.15) is 32.2 Å². The van der Waals surface area contributed by atoms with E-state index in [1.165, 1.54) is 12.1 Å². The number of halogens is 2. The summed E-state index contributed by atoms with van der Waals surface area (Å²) in [6.07, 6.45) is 2.60. The summed E-state index contributed by atoms with van der Waals surface area (Å²) in [7, 11) is 0. The van der Waals surface area contributed by atoms with Crippen molar-refractivity contribution in [2.45, 2.75) is 45.3 Å². The third-order valence-corrected chi connectivity index (χ3v) is 6.41. The Bertz CT molecular complexity index is 1160. The first kappa shape index (κ1) is 23.1. The summed E-state index contributed by atoms with van der Waals surface area (Å²) in [6.45, 7) is 5.45. The van der Waals surface area contributed by atoms with Gasteiger partial charge in [-0.2, -0.15) is 0 Å². The van der Waals surface area contributed by atoms with Crippen LogP contribution in [0.2, 0.25) is 5.02 Å². The van der Waals surface area contributed by atoms with E-state index in [-0.39, 0.29) is 17.6 Å². The van der Waals surface area contributed by atoms with Gasteiger partial charge in [-0.05, 0) is 56.2 Å². The molecule has 0 fully saturated rings. The van der Waals surface area contributed by atoms with Crippen LogP contribution in [0.25, 0.3) is 0 Å². The standard InChI is InChI=1S/C25H26ClFN4O2/c1-15(25(2,3)33)12-22-28-14-16-13-21(24(32)29-20-7-5-4-6-19(20)26)31(23(16)30-22)18-10-8-17(27)9-11-18/h4-11,14-15,21,33H,12-13H2,1-3H3,(H,29,32)/t15-,21?/m1/s1. The van der Waals surface area contributed by atoms with Crippen LogP contribution in [0.15, 0.2) is 54.7 Å². The number of hydrogen-bond donors (Lipinski definition) is 2. The van der Waals surface area contributed by atoms with Crippen molar-refractivity contribution in [1.29, 1.82) is 0 Å². The van der Waals surface area contributed by atoms with Crippen molar-refractivity contribution < 1.29 is 14.3 Å². The average molecular weight is 469 g/mol. The molecule has 6 nitrogen and oxygen atoms in total. The molecule has 0 aliphatic carbocycles. The van der Waals surface area contributed by atoms with Gasteiger partial charge in [-0.3, -0.25) is 4.79 Å². The normalized spacial score (nSPS) is 16.4. The average Bonchev–Trinajstić information content (AvgIpc) is 3.14. The number of hydrogen-bond acceptors (Lipinski definition) is 5. The van der Waals surface area contributed by atoms with Gasteiger partial charge in [0.05, 0.1) is 16.3 Å². The number of aromatic nitrogens is 2. The van der Waals surface area contributed by atoms with Crippen LogP contribution in [-0.4, -0.2) is 32.6 Å². The summed E-state index contributed by atoms with van der Waals surface area (Å²) < 4.78 is 13.6. The van der Waals surface area contributed by atoms with E-state index >= 15 is 0 Å². The first-order valence-corrected chi connectivity index (χ1v) is 11.2. The Kier molecular flexibility index (Phi) is 6.36. The second-order valence-corrected chi connectivity index (χ2v) is 9.34. The Morgan fingerprint density at radius 3 is 2.64 bits per heavy atom. The van der Waals surface area contributed by atoms with Crippen LogP contribution in [0, 0.1) is 11.7 Å². The summed E-state index contributed by atoms with van der Waals surface area (Å²) in [5, 5.41) is 13.6. The van der Waals surface area contributed by atoms with Gasteiger partial charge >= 0.3 is 0 Å². The van der Waals surface area contributed by atoms with Crippen LogP contribution in [-0.2, 0) is 17.6 Å². The number of amides is 1. The summed E-state index contributed by atoms with van der Waals surface area (Å²) >= 11 is 6.23. The third kappa shape index (κ3) is 4.99. The maximum Gasteiger partial charge on any atom is 0.247 e. The molecule has 1 unspecified atom stereocenters. The lowest BCUT2D eigenvalue weighted by molar-refractivity contribution is -0.117. The molecule has 3 aromatic rings. The molecule has 4 rings (SSSR count). The third-order valence-electron chi connectivity index (χ3n) is 6.08. The van der Waals surface area contributed by atoms with E-state index in [0.29, 0.717) is 40.9 Å². The molecule has 2 N–H and O–H groups in total. The Morgan fingerprint density at radius 1 is 1.27 bits per heavy atom. The van der Waals surface area contributed by atoms with Crippen LogP contribution < -0.4 is 10.2 Å². The van der Waals surface area contributed by atoms with E-state index in [4.69, 9.17) is 16.6 Å². The van der Waals surface area contributed by atoms with Gasteiger partial charge in [0, 0.05) is 30.3 Å². The minimum atomic E-state index is -0.879. The van der Waals surface area contributed by atoms with Gasteiger partial charge in [0.15, 0.2) is 0 Å². The molecule has 0 bridgehead atoms. The van der Waals surface area contributed by atoms with E-state index in [9.17, 15) is 14.3 Å². The number of aliphatic hydroxyl groups is 1. The fourth-order valence-electron chi connectivity index (χ4n) is 3.75. The Labute approximate surface area is 197 Å². The molecule has 1 aliphatic rings. The molecule has 172 valence electrons. The second-order valence-electron chi connectivity index (χ2n) is 8.93. The summed E-state index contributed by atoms with van der Waals surface area (Å²) in [5.74, 6) is 0.488. The smallest absolute Gasteiger partial charge is 0.247 e. The number of carbonyl (C=O) groups is 1. The lowest BCUT2D eigenvalue weighted by Crippen LogP contribution is -2.39. The van der Waals surface area contributed by atoms with Crippen molar-refractivity contribution in [3.8, 4) is 0 Å². The topological polar surface area (TPSA) is 78.4 Å². The predicted octanol–water partition coefficient (Wildman–Crippen LogP) is 4.92. The zero-order chi connectivity index (χ0) is 23.8. The molecule has 0 saturated carbocycles. The van der Waals surface area contributed by atoms with Crippen molar-refractivity contribution in [3.05, 3.63) is 77.0 Å². The Balaban J connectivity index is 1.69. The largest absolute Gasteiger partial charge is 0.390 e. The van der Waals surface area contributed by atoms with E-state index < -0.39 is 11.6 Å². The van der Waals surface area contributed by atoms with Crippen LogP contribution in [0.4, 0.5) is 21.6 Å². The number of para-hydroxylation sites is 1. The summed E-state index contributed by atoms with van der Waals surface area (Å²) in [5.41, 5.74) is 1.11. The maximum absolute atomic E-state index is 13.6. The first-order valence-electron chi connectivity index (χ1n) is 10.8. The van der Waals surface area contributed by atoms with Crippen LogP contribution in [0.3, 0.4) is 0 Å². The van der Waals surface area contributed by atoms with Crippen LogP contribution in [0.5, 0.6) is 0 Å². The van der Waals surface area contributed by atoms with Gasteiger partial charge in [-0.15, -0.1) is 0 Å². The van der Waals surface area contributed by atoms with Gasteiger partial charge in [0.2, 0.25) is 5.91 Å². The highest BCUT2D eigenvalue weighted by molar-refractivity contribution is 6.33. The molecule has 0 saturated heterocycles. The van der Waals surface area contributed by atoms with E-state index in [0.717, 1.165) is 5.56 Å². The highest BCUT2D eigenvalue weighted by atomic mass is 35.5. The van der Waals surface area contributed by atoms with Crippen LogP contribution >= 0.6 is 11.6 Å². The Morgan fingerprint density at radius 2 is 1.97 bits per heavy atom. The zero-order valence-electron chi connectivity index (χ0n) is 18.7. The number of benzene rings is 2. The van der Waals surface area contributed by atoms with Crippen molar-refractivity contribution >= 4 is 34.7 Å². The molecule has 33 heavy (non-hydrogen) atoms. The highest BCUT2D eigenvalue weighted by Crippen LogP contribution is 2.38. The number of rotatable bonds is 6. The van der Waals surface area contributed by atoms with Gasteiger partial charge in [0.25, 0.3) is 0 Å². The number of nitrogens with zero attached hydrogens (tertiary/aromatic N) is 3. The molecule has 1 aliphatic heterocycles. The number of carbonyl (C=O) groups excluding carboxylic acids is 1. The molecule has 8 heteroatoms. The van der Waals surface area contributed by atoms with E-state index in [1.54, 1.807) is 61.3 Å². The summed E-state index contributed by atoms with van der Waals surface area (Å²) in [4.78, 5) is 24.3. The zero-order valence-corrected chi connectivity index (χ0v) is 19.5. The van der Waals surface area contributed by atoms with Crippen molar-refractivity contribution in [2.75, 3.05) is 10.2 Å². The molecule has 0 radical (unpaired) electrons. The lowest BCUT2D eigenvalue weighted by Gasteiger charge is -2.27. The molecular formula is C25H26ClFN4O2. The molecule has 2 heterocycles. The summed E-state index contributed by atoms with van der Waals surface area (Å²) in [6, 6.07) is 12.4. The quantitative estimate of drug-likeness (QED) is 0.537. The van der Waals surface area contributed by atoms with Gasteiger partial charge in [-0.25, -0.2) is 14.4 Å². The fraction of sp³-hybridized carbons (Fsp3) is 0.320. The fourth-order valence-corrected chi connectivity index (χ4v) is 3.93. The van der Waals surface area contributed by atoms with E-state index in [2.05, 4.69) is 10.3 Å². The van der Waals surface area contributed by atoms with Crippen molar-refractivity contribution in [1.82, 2.24) is 9.97 Å². The SMILES string of the molecule is C[C@H](Cc1ncc2c(n1)N(c1ccc(F)cc1)C(C(=O)Nc1ccccc1Cl)C2)C(C)(C)O. The number of anilines is 3. The molecule has 1 amide bonds. The molecule has 1 aromatic heterocycles. The molecule has 2 aromatic carbocycles. The molecule has 2 atom stereocenters. The van der Waals surface area contributed by atoms with Gasteiger partial charge < -0.3 is 15.3 Å². The predicted molar refractivity (Wildman–Crippen MR) is 127 cm³/mol. The first-order chi connectivity index (χ1) is 15.6. The minimum absolute atomic E-state index is 0.0736. The van der Waals surface area contributed by atoms with Gasteiger partial charge in [0.1, 0.15) is 23.5 Å².